The molecule has 3 aromatic heterocycles. The van der Waals surface area contributed by atoms with Crippen molar-refractivity contribution < 1.29 is 14.0 Å². The molecule has 0 saturated heterocycles. The number of furan rings is 1. The van der Waals surface area contributed by atoms with Crippen LogP contribution in [0.25, 0.3) is 6.08 Å². The molecule has 140 valence electrons. The van der Waals surface area contributed by atoms with E-state index in [4.69, 9.17) is 4.42 Å². The van der Waals surface area contributed by atoms with E-state index in [0.29, 0.717) is 25.4 Å². The van der Waals surface area contributed by atoms with Crippen LogP contribution in [0.15, 0.2) is 63.9 Å². The summed E-state index contributed by atoms with van der Waals surface area (Å²) in [5.74, 6) is 0.383. The summed E-state index contributed by atoms with van der Waals surface area (Å²) in [7, 11) is 0. The molecular weight excluding hydrogens is 380 g/mol. The molecule has 0 unspecified atom stereocenters. The minimum Gasteiger partial charge on any atom is -0.465 e. The van der Waals surface area contributed by atoms with E-state index in [-0.39, 0.29) is 18.2 Å². The van der Waals surface area contributed by atoms with Gasteiger partial charge in [-0.25, -0.2) is 0 Å². The zero-order valence-electron chi connectivity index (χ0n) is 14.7. The summed E-state index contributed by atoms with van der Waals surface area (Å²) >= 11 is 3.27. The number of carbonyl (C=O) groups is 2. The minimum atomic E-state index is -0.248. The average Bonchev–Trinajstić information content (AvgIpc) is 3.42. The van der Waals surface area contributed by atoms with Crippen molar-refractivity contribution >= 4 is 40.6 Å². The molecule has 0 aliphatic carbocycles. The zero-order valence-corrected chi connectivity index (χ0v) is 16.3. The predicted octanol–water partition coefficient (Wildman–Crippen LogP) is 4.15. The van der Waals surface area contributed by atoms with Gasteiger partial charge in [0.15, 0.2) is 0 Å². The van der Waals surface area contributed by atoms with Crippen LogP contribution in [0, 0.1) is 0 Å². The van der Waals surface area contributed by atoms with Crippen molar-refractivity contribution in [3.8, 4) is 0 Å². The molecule has 0 radical (unpaired) electrons. The monoisotopic (exact) mass is 400 g/mol. The Morgan fingerprint density at radius 3 is 2.30 bits per heavy atom. The van der Waals surface area contributed by atoms with Gasteiger partial charge in [0, 0.05) is 28.8 Å². The van der Waals surface area contributed by atoms with Crippen molar-refractivity contribution in [3.63, 3.8) is 0 Å². The molecule has 0 bridgehead atoms. The molecule has 27 heavy (non-hydrogen) atoms. The molecule has 1 N–H and O–H groups in total. The largest absolute Gasteiger partial charge is 0.465 e. The zero-order chi connectivity index (χ0) is 18.9. The Kier molecular flexibility index (Phi) is 7.01. The maximum Gasteiger partial charge on any atom is 0.244 e. The molecule has 0 aliphatic rings. The van der Waals surface area contributed by atoms with Crippen LogP contribution in [0.5, 0.6) is 0 Å². The molecule has 3 heterocycles. The molecule has 0 spiro atoms. The number of carbonyl (C=O) groups excluding carboxylic acids is 2. The van der Waals surface area contributed by atoms with Gasteiger partial charge < -0.3 is 14.6 Å². The Balaban J connectivity index is 1.50. The summed E-state index contributed by atoms with van der Waals surface area (Å²) in [5, 5.41) is 6.76. The second-order valence-electron chi connectivity index (χ2n) is 5.80. The fourth-order valence-electron chi connectivity index (χ4n) is 2.47. The third-order valence-electron chi connectivity index (χ3n) is 3.79. The molecule has 0 fully saturated rings. The van der Waals surface area contributed by atoms with Gasteiger partial charge in [-0.2, -0.15) is 0 Å². The van der Waals surface area contributed by atoms with E-state index in [1.54, 1.807) is 47.1 Å². The lowest BCUT2D eigenvalue weighted by atomic mass is 10.3. The first-order valence-electron chi connectivity index (χ1n) is 8.52. The molecule has 0 saturated carbocycles. The first kappa shape index (κ1) is 19.1. The Morgan fingerprint density at radius 2 is 1.74 bits per heavy atom. The molecule has 3 rings (SSSR count). The van der Waals surface area contributed by atoms with E-state index in [9.17, 15) is 9.59 Å². The summed E-state index contributed by atoms with van der Waals surface area (Å²) in [6.45, 7) is 1.47. The molecule has 0 aliphatic heterocycles. The Bertz CT molecular complexity index is 817. The van der Waals surface area contributed by atoms with Crippen LogP contribution >= 0.6 is 22.7 Å². The fourth-order valence-corrected chi connectivity index (χ4v) is 3.91. The van der Waals surface area contributed by atoms with Crippen molar-refractivity contribution in [2.45, 2.75) is 19.5 Å². The third kappa shape index (κ3) is 6.23. The molecular formula is C20H20N2O3S2. The van der Waals surface area contributed by atoms with Crippen molar-refractivity contribution in [3.05, 3.63) is 75.0 Å². The van der Waals surface area contributed by atoms with E-state index < -0.39 is 0 Å². The lowest BCUT2D eigenvalue weighted by Crippen LogP contribution is -2.33. The topological polar surface area (TPSA) is 62.6 Å². The molecule has 5 nitrogen and oxygen atoms in total. The highest BCUT2D eigenvalue weighted by molar-refractivity contribution is 7.10. The maximum absolute atomic E-state index is 12.7. The molecule has 7 heteroatoms. The van der Waals surface area contributed by atoms with Gasteiger partial charge in [0.1, 0.15) is 5.76 Å². The number of thiophene rings is 2. The molecule has 0 aromatic carbocycles. The van der Waals surface area contributed by atoms with E-state index >= 15 is 0 Å². The first-order chi connectivity index (χ1) is 13.2. The lowest BCUT2D eigenvalue weighted by molar-refractivity contribution is -0.132. The van der Waals surface area contributed by atoms with E-state index in [1.807, 2.05) is 39.9 Å². The van der Waals surface area contributed by atoms with Gasteiger partial charge in [-0.3, -0.25) is 9.59 Å². The summed E-state index contributed by atoms with van der Waals surface area (Å²) in [6.07, 6.45) is 4.80. The van der Waals surface area contributed by atoms with E-state index in [0.717, 1.165) is 9.75 Å². The van der Waals surface area contributed by atoms with E-state index in [1.165, 1.54) is 6.08 Å². The highest BCUT2D eigenvalue weighted by atomic mass is 32.1. The van der Waals surface area contributed by atoms with Gasteiger partial charge in [0.2, 0.25) is 11.8 Å². The number of hydrogen-bond acceptors (Lipinski definition) is 5. The smallest absolute Gasteiger partial charge is 0.244 e. The maximum atomic E-state index is 12.7. The van der Waals surface area contributed by atoms with Crippen LogP contribution in [-0.2, 0) is 22.7 Å². The van der Waals surface area contributed by atoms with Gasteiger partial charge in [-0.1, -0.05) is 12.1 Å². The molecule has 3 aromatic rings. The second-order valence-corrected chi connectivity index (χ2v) is 7.86. The number of rotatable bonds is 9. The molecule has 0 atom stereocenters. The summed E-state index contributed by atoms with van der Waals surface area (Å²) in [5.41, 5.74) is 0. The fraction of sp³-hybridized carbons (Fsp3) is 0.200. The van der Waals surface area contributed by atoms with Gasteiger partial charge in [-0.05, 0) is 41.1 Å². The summed E-state index contributed by atoms with van der Waals surface area (Å²) in [6, 6.07) is 11.5. The van der Waals surface area contributed by atoms with E-state index in [2.05, 4.69) is 5.32 Å². The Labute approximate surface area is 165 Å². The minimum absolute atomic E-state index is 0.0205. The SMILES string of the molecule is O=C(/C=C/c1ccco1)NCCC(=O)N(Cc1cccs1)Cc1cccs1. The van der Waals surface area contributed by atoms with Crippen molar-refractivity contribution in [1.82, 2.24) is 10.2 Å². The number of amides is 2. The quantitative estimate of drug-likeness (QED) is 0.549. The van der Waals surface area contributed by atoms with Crippen LogP contribution < -0.4 is 5.32 Å². The Hall–Kier alpha value is -2.64. The number of nitrogens with one attached hydrogen (secondary N) is 1. The average molecular weight is 401 g/mol. The lowest BCUT2D eigenvalue weighted by Gasteiger charge is -2.21. The van der Waals surface area contributed by atoms with Crippen LogP contribution in [0.3, 0.4) is 0 Å². The van der Waals surface area contributed by atoms with Crippen LogP contribution in [0.2, 0.25) is 0 Å². The second kappa shape index (κ2) is 9.89. The van der Waals surface area contributed by atoms with Crippen LogP contribution in [-0.4, -0.2) is 23.3 Å². The van der Waals surface area contributed by atoms with Crippen molar-refractivity contribution in [1.29, 1.82) is 0 Å². The van der Waals surface area contributed by atoms with Gasteiger partial charge in [-0.15, -0.1) is 22.7 Å². The Morgan fingerprint density at radius 1 is 1.04 bits per heavy atom. The van der Waals surface area contributed by atoms with Crippen LogP contribution in [0.4, 0.5) is 0 Å². The summed E-state index contributed by atoms with van der Waals surface area (Å²) < 4.78 is 5.13. The standard InChI is InChI=1S/C20H20N2O3S2/c23-19(8-7-16-4-1-11-25-16)21-10-9-20(24)22(14-17-5-2-12-26-17)15-18-6-3-13-27-18/h1-8,11-13H,9-10,14-15H2,(H,21,23)/b8-7+. The molecule has 2 amide bonds. The highest BCUT2D eigenvalue weighted by Crippen LogP contribution is 2.17. The van der Waals surface area contributed by atoms with Gasteiger partial charge >= 0.3 is 0 Å². The van der Waals surface area contributed by atoms with Crippen molar-refractivity contribution in [2.75, 3.05) is 6.54 Å². The third-order valence-corrected chi connectivity index (χ3v) is 5.51. The van der Waals surface area contributed by atoms with Gasteiger partial charge in [0.25, 0.3) is 0 Å². The first-order valence-corrected chi connectivity index (χ1v) is 10.3. The summed E-state index contributed by atoms with van der Waals surface area (Å²) in [4.78, 5) is 28.6. The predicted molar refractivity (Wildman–Crippen MR) is 108 cm³/mol. The van der Waals surface area contributed by atoms with Gasteiger partial charge in [0.05, 0.1) is 19.4 Å². The van der Waals surface area contributed by atoms with Crippen LogP contribution in [0.1, 0.15) is 21.9 Å². The number of nitrogens with zero attached hydrogens (tertiary/aromatic N) is 1. The number of hydrogen-bond donors (Lipinski definition) is 1. The normalized spacial score (nSPS) is 11.0. The van der Waals surface area contributed by atoms with Crippen molar-refractivity contribution in [2.24, 2.45) is 0 Å². The highest BCUT2D eigenvalue weighted by Gasteiger charge is 2.15.